The van der Waals surface area contributed by atoms with Gasteiger partial charge in [0.25, 0.3) is 5.56 Å². The van der Waals surface area contributed by atoms with Gasteiger partial charge in [-0.15, -0.1) is 0 Å². The fourth-order valence-electron chi connectivity index (χ4n) is 2.21. The SMILES string of the molecule is CC(=O)OC[C@H]1C=C[C@H](n2ccc(=O)[nH]c2=O)O[C@@H]1COC(C)=O. The van der Waals surface area contributed by atoms with Gasteiger partial charge in [-0.2, -0.15) is 0 Å². The second-order valence-electron chi connectivity index (χ2n) is 5.24. The topological polar surface area (TPSA) is 117 Å². The number of ether oxygens (including phenoxy) is 3. The quantitative estimate of drug-likeness (QED) is 0.580. The summed E-state index contributed by atoms with van der Waals surface area (Å²) in [7, 11) is 0. The van der Waals surface area contributed by atoms with Crippen LogP contribution in [0.3, 0.4) is 0 Å². The molecule has 0 saturated carbocycles. The fourth-order valence-corrected chi connectivity index (χ4v) is 2.21. The zero-order valence-corrected chi connectivity index (χ0v) is 13.3. The molecule has 9 nitrogen and oxygen atoms in total. The zero-order chi connectivity index (χ0) is 17.7. The molecule has 9 heteroatoms. The van der Waals surface area contributed by atoms with Crippen molar-refractivity contribution in [3.63, 3.8) is 0 Å². The molecular weight excluding hydrogens is 320 g/mol. The van der Waals surface area contributed by atoms with Crippen molar-refractivity contribution in [3.05, 3.63) is 45.3 Å². The number of aromatic nitrogens is 2. The normalized spacial score (nSPS) is 22.8. The third-order valence-corrected chi connectivity index (χ3v) is 3.37. The van der Waals surface area contributed by atoms with Crippen LogP contribution in [0.15, 0.2) is 34.0 Å². The largest absolute Gasteiger partial charge is 0.465 e. The summed E-state index contributed by atoms with van der Waals surface area (Å²) in [5.41, 5.74) is -1.14. The molecule has 0 amide bonds. The smallest absolute Gasteiger partial charge is 0.330 e. The third kappa shape index (κ3) is 4.66. The molecule has 0 spiro atoms. The lowest BCUT2D eigenvalue weighted by Gasteiger charge is -2.32. The first-order valence-corrected chi connectivity index (χ1v) is 7.29. The van der Waals surface area contributed by atoms with Crippen molar-refractivity contribution in [1.82, 2.24) is 9.55 Å². The Morgan fingerprint density at radius 2 is 1.83 bits per heavy atom. The number of carbonyl (C=O) groups excluding carboxylic acids is 2. The van der Waals surface area contributed by atoms with Gasteiger partial charge in [-0.3, -0.25) is 23.9 Å². The number of nitrogens with zero attached hydrogens (tertiary/aromatic N) is 1. The summed E-state index contributed by atoms with van der Waals surface area (Å²) in [5, 5.41) is 0. The van der Waals surface area contributed by atoms with Crippen molar-refractivity contribution in [2.45, 2.75) is 26.2 Å². The molecule has 1 aromatic rings. The summed E-state index contributed by atoms with van der Waals surface area (Å²) in [4.78, 5) is 47.1. The molecule has 1 aromatic heterocycles. The van der Waals surface area contributed by atoms with Gasteiger partial charge in [0.1, 0.15) is 19.3 Å². The molecule has 0 aliphatic carbocycles. The van der Waals surface area contributed by atoms with E-state index in [9.17, 15) is 19.2 Å². The lowest BCUT2D eigenvalue weighted by Crippen LogP contribution is -2.40. The molecule has 3 atom stereocenters. The molecular formula is C15H18N2O7. The predicted octanol–water partition coefficient (Wildman–Crippen LogP) is -0.267. The first-order chi connectivity index (χ1) is 11.4. The van der Waals surface area contributed by atoms with Crippen LogP contribution in [0.25, 0.3) is 0 Å². The van der Waals surface area contributed by atoms with E-state index in [0.29, 0.717) is 0 Å². The molecule has 24 heavy (non-hydrogen) atoms. The van der Waals surface area contributed by atoms with Crippen LogP contribution in [0.1, 0.15) is 20.1 Å². The van der Waals surface area contributed by atoms with E-state index in [1.165, 1.54) is 30.7 Å². The van der Waals surface area contributed by atoms with Crippen LogP contribution >= 0.6 is 0 Å². The van der Waals surface area contributed by atoms with Crippen LogP contribution in [-0.4, -0.2) is 40.8 Å². The Hall–Kier alpha value is -2.68. The number of aromatic amines is 1. The Kier molecular flexibility index (Phi) is 5.69. The van der Waals surface area contributed by atoms with Gasteiger partial charge in [0.15, 0.2) is 6.23 Å². The number of H-pyrrole nitrogens is 1. The molecule has 0 saturated heterocycles. The van der Waals surface area contributed by atoms with Gasteiger partial charge >= 0.3 is 17.6 Å². The van der Waals surface area contributed by atoms with Gasteiger partial charge in [0.2, 0.25) is 0 Å². The maximum atomic E-state index is 11.8. The first-order valence-electron chi connectivity index (χ1n) is 7.29. The monoisotopic (exact) mass is 338 g/mol. The standard InChI is InChI=1S/C15H18N2O7/c1-9(18)22-7-11-3-4-14(24-12(11)8-23-10(2)19)17-6-5-13(20)16-15(17)21/h3-6,11-12,14H,7-8H2,1-2H3,(H,16,20,21)/t11-,12-,14-/m1/s1. The van der Waals surface area contributed by atoms with E-state index in [4.69, 9.17) is 14.2 Å². The summed E-state index contributed by atoms with van der Waals surface area (Å²) in [6, 6.07) is 1.20. The van der Waals surface area contributed by atoms with E-state index in [1.54, 1.807) is 12.2 Å². The fraction of sp³-hybridized carbons (Fsp3) is 0.467. The molecule has 0 aromatic carbocycles. The minimum Gasteiger partial charge on any atom is -0.465 e. The van der Waals surface area contributed by atoms with Crippen LogP contribution in [0.4, 0.5) is 0 Å². The van der Waals surface area contributed by atoms with Crippen molar-refractivity contribution in [2.75, 3.05) is 13.2 Å². The third-order valence-electron chi connectivity index (χ3n) is 3.37. The summed E-state index contributed by atoms with van der Waals surface area (Å²) in [6.07, 6.45) is 3.26. The Balaban J connectivity index is 2.19. The second-order valence-corrected chi connectivity index (χ2v) is 5.24. The lowest BCUT2D eigenvalue weighted by molar-refractivity contribution is -0.156. The number of hydrogen-bond donors (Lipinski definition) is 1. The summed E-state index contributed by atoms with van der Waals surface area (Å²) in [6.45, 7) is 2.56. The average molecular weight is 338 g/mol. The number of esters is 2. The van der Waals surface area contributed by atoms with Crippen LogP contribution in [-0.2, 0) is 23.8 Å². The van der Waals surface area contributed by atoms with E-state index < -0.39 is 35.5 Å². The Morgan fingerprint density at radius 3 is 2.46 bits per heavy atom. The highest BCUT2D eigenvalue weighted by Gasteiger charge is 2.30. The number of carbonyl (C=O) groups is 2. The minimum atomic E-state index is -0.775. The first kappa shape index (κ1) is 17.7. The molecule has 1 aliphatic heterocycles. The van der Waals surface area contributed by atoms with E-state index in [0.717, 1.165) is 0 Å². The number of hydrogen-bond acceptors (Lipinski definition) is 7. The van der Waals surface area contributed by atoms with Crippen molar-refractivity contribution in [2.24, 2.45) is 5.92 Å². The molecule has 2 rings (SSSR count). The molecule has 2 heterocycles. The Labute approximate surface area is 136 Å². The lowest BCUT2D eigenvalue weighted by atomic mass is 10.0. The van der Waals surface area contributed by atoms with Crippen molar-refractivity contribution < 1.29 is 23.8 Å². The van der Waals surface area contributed by atoms with Gasteiger partial charge in [-0.25, -0.2) is 4.79 Å². The molecule has 0 bridgehead atoms. The van der Waals surface area contributed by atoms with Crippen molar-refractivity contribution in [3.8, 4) is 0 Å². The maximum Gasteiger partial charge on any atom is 0.330 e. The van der Waals surface area contributed by atoms with Crippen LogP contribution < -0.4 is 11.2 Å². The van der Waals surface area contributed by atoms with Crippen molar-refractivity contribution >= 4 is 11.9 Å². The molecule has 0 radical (unpaired) electrons. The highest BCUT2D eigenvalue weighted by Crippen LogP contribution is 2.25. The van der Waals surface area contributed by atoms with E-state index >= 15 is 0 Å². The molecule has 0 fully saturated rings. The average Bonchev–Trinajstić information content (AvgIpc) is 2.51. The highest BCUT2D eigenvalue weighted by molar-refractivity contribution is 5.66. The molecule has 0 unspecified atom stereocenters. The van der Waals surface area contributed by atoms with Gasteiger partial charge < -0.3 is 14.2 Å². The molecule has 1 aliphatic rings. The summed E-state index contributed by atoms with van der Waals surface area (Å²) >= 11 is 0. The molecule has 1 N–H and O–H groups in total. The zero-order valence-electron chi connectivity index (χ0n) is 13.3. The van der Waals surface area contributed by atoms with Gasteiger partial charge in [0, 0.05) is 32.0 Å². The van der Waals surface area contributed by atoms with Crippen LogP contribution in [0.2, 0.25) is 0 Å². The summed E-state index contributed by atoms with van der Waals surface area (Å²) in [5.74, 6) is -1.24. The van der Waals surface area contributed by atoms with Gasteiger partial charge in [-0.1, -0.05) is 6.08 Å². The van der Waals surface area contributed by atoms with E-state index in [1.807, 2.05) is 0 Å². The number of nitrogens with one attached hydrogen (secondary N) is 1. The highest BCUT2D eigenvalue weighted by atomic mass is 16.6. The van der Waals surface area contributed by atoms with Gasteiger partial charge in [-0.05, 0) is 6.08 Å². The Morgan fingerprint density at radius 1 is 1.17 bits per heavy atom. The Bertz CT molecular complexity index is 749. The van der Waals surface area contributed by atoms with Gasteiger partial charge in [0.05, 0.1) is 0 Å². The second kappa shape index (κ2) is 7.73. The van der Waals surface area contributed by atoms with Crippen molar-refractivity contribution in [1.29, 1.82) is 0 Å². The number of rotatable bonds is 5. The maximum absolute atomic E-state index is 11.8. The van der Waals surface area contributed by atoms with Crippen LogP contribution in [0, 0.1) is 5.92 Å². The minimum absolute atomic E-state index is 0.0553. The van der Waals surface area contributed by atoms with E-state index in [2.05, 4.69) is 4.98 Å². The van der Waals surface area contributed by atoms with E-state index in [-0.39, 0.29) is 19.1 Å². The predicted molar refractivity (Wildman–Crippen MR) is 81.1 cm³/mol. The summed E-state index contributed by atoms with van der Waals surface area (Å²) < 4.78 is 16.9. The van der Waals surface area contributed by atoms with Crippen LogP contribution in [0.5, 0.6) is 0 Å². The molecule has 130 valence electrons.